The van der Waals surface area contributed by atoms with Gasteiger partial charge in [0.2, 0.25) is 0 Å². The second-order valence-electron chi connectivity index (χ2n) is 6.49. The highest BCUT2D eigenvalue weighted by Gasteiger charge is 2.27. The minimum Gasteiger partial charge on any atom is -0.312 e. The largest absolute Gasteiger partial charge is 0.312 e. The third-order valence-electron chi connectivity index (χ3n) is 4.74. The lowest BCUT2D eigenvalue weighted by atomic mass is 9.99. The van der Waals surface area contributed by atoms with Crippen molar-refractivity contribution in [2.75, 3.05) is 25.4 Å². The number of rotatable bonds is 6. The Morgan fingerprint density at radius 3 is 2.50 bits per heavy atom. The highest BCUT2D eigenvalue weighted by Crippen LogP contribution is 2.16. The second kappa shape index (κ2) is 7.76. The predicted molar refractivity (Wildman–Crippen MR) is 85.8 cm³/mol. The van der Waals surface area contributed by atoms with Gasteiger partial charge in [-0.15, -0.1) is 0 Å². The summed E-state index contributed by atoms with van der Waals surface area (Å²) < 4.78 is 24.0. The number of nitrogens with zero attached hydrogens (tertiary/aromatic N) is 1. The predicted octanol–water partition coefficient (Wildman–Crippen LogP) is 1.91. The Labute approximate surface area is 125 Å². The van der Waals surface area contributed by atoms with Crippen LogP contribution in [-0.2, 0) is 9.84 Å². The van der Waals surface area contributed by atoms with Gasteiger partial charge in [-0.25, -0.2) is 8.42 Å². The maximum absolute atomic E-state index is 12.0. The monoisotopic (exact) mass is 304 g/mol. The molecule has 1 rings (SSSR count). The first-order chi connectivity index (χ1) is 9.27. The van der Waals surface area contributed by atoms with Crippen LogP contribution in [0.15, 0.2) is 0 Å². The van der Waals surface area contributed by atoms with Crippen LogP contribution < -0.4 is 5.32 Å². The Kier molecular flexibility index (Phi) is 6.95. The molecule has 3 unspecified atom stereocenters. The standard InChI is InChI=1S/C15H32N2O2S/c1-6-13(4)15-11-17(14(5)7-8-16-15)9-10-20(18,19)12(2)3/h12-16H,6-11H2,1-5H3. The van der Waals surface area contributed by atoms with Gasteiger partial charge in [0.15, 0.2) is 9.84 Å². The Hall–Kier alpha value is -0.130. The molecular formula is C15H32N2O2S. The van der Waals surface area contributed by atoms with E-state index in [0.717, 1.165) is 25.9 Å². The van der Waals surface area contributed by atoms with Crippen molar-refractivity contribution >= 4 is 9.84 Å². The van der Waals surface area contributed by atoms with E-state index in [-0.39, 0.29) is 11.0 Å². The van der Waals surface area contributed by atoms with Crippen LogP contribution in [0.5, 0.6) is 0 Å². The van der Waals surface area contributed by atoms with E-state index in [4.69, 9.17) is 0 Å². The summed E-state index contributed by atoms with van der Waals surface area (Å²) in [5.74, 6) is 0.909. The molecule has 3 atom stereocenters. The van der Waals surface area contributed by atoms with Crippen LogP contribution in [0.3, 0.4) is 0 Å². The Morgan fingerprint density at radius 1 is 1.30 bits per heavy atom. The fourth-order valence-corrected chi connectivity index (χ4v) is 3.58. The number of hydrogen-bond donors (Lipinski definition) is 1. The topological polar surface area (TPSA) is 49.4 Å². The van der Waals surface area contributed by atoms with E-state index in [1.807, 2.05) is 0 Å². The molecule has 1 fully saturated rings. The highest BCUT2D eigenvalue weighted by atomic mass is 32.2. The smallest absolute Gasteiger partial charge is 0.153 e. The van der Waals surface area contributed by atoms with Crippen LogP contribution in [-0.4, -0.2) is 56.0 Å². The molecular weight excluding hydrogens is 272 g/mol. The number of sulfone groups is 1. The first kappa shape index (κ1) is 17.9. The number of hydrogen-bond acceptors (Lipinski definition) is 4. The first-order valence-corrected chi connectivity index (χ1v) is 9.68. The van der Waals surface area contributed by atoms with Crippen molar-refractivity contribution in [3.8, 4) is 0 Å². The third kappa shape index (κ3) is 5.01. The van der Waals surface area contributed by atoms with E-state index in [2.05, 4.69) is 31.0 Å². The molecule has 1 aliphatic heterocycles. The minimum absolute atomic E-state index is 0.270. The number of nitrogens with one attached hydrogen (secondary N) is 1. The third-order valence-corrected chi connectivity index (χ3v) is 6.92. The molecule has 1 aliphatic rings. The molecule has 0 aromatic rings. The first-order valence-electron chi connectivity index (χ1n) is 7.97. The van der Waals surface area contributed by atoms with Gasteiger partial charge in [0.05, 0.1) is 11.0 Å². The lowest BCUT2D eigenvalue weighted by molar-refractivity contribution is 0.198. The van der Waals surface area contributed by atoms with Crippen molar-refractivity contribution in [1.29, 1.82) is 0 Å². The van der Waals surface area contributed by atoms with Gasteiger partial charge in [-0.3, -0.25) is 4.90 Å². The van der Waals surface area contributed by atoms with E-state index in [1.54, 1.807) is 13.8 Å². The Balaban J connectivity index is 2.65. The van der Waals surface area contributed by atoms with Crippen molar-refractivity contribution in [1.82, 2.24) is 10.2 Å². The van der Waals surface area contributed by atoms with Gasteiger partial charge in [-0.05, 0) is 39.7 Å². The average Bonchev–Trinajstić information content (AvgIpc) is 2.57. The van der Waals surface area contributed by atoms with Gasteiger partial charge in [-0.1, -0.05) is 20.3 Å². The normalized spacial score (nSPS) is 27.5. The fraction of sp³-hybridized carbons (Fsp3) is 1.00. The Morgan fingerprint density at radius 2 is 1.95 bits per heavy atom. The molecule has 0 bridgehead atoms. The van der Waals surface area contributed by atoms with Gasteiger partial charge >= 0.3 is 0 Å². The van der Waals surface area contributed by atoms with E-state index in [9.17, 15) is 8.42 Å². The van der Waals surface area contributed by atoms with Crippen LogP contribution >= 0.6 is 0 Å². The summed E-state index contributed by atoms with van der Waals surface area (Å²) in [6, 6.07) is 0.936. The quantitative estimate of drug-likeness (QED) is 0.814. The average molecular weight is 305 g/mol. The molecule has 0 aromatic carbocycles. The SMILES string of the molecule is CCC(C)C1CN(CCS(=O)(=O)C(C)C)C(C)CCN1. The molecule has 1 N–H and O–H groups in total. The van der Waals surface area contributed by atoms with Crippen LogP contribution in [0, 0.1) is 5.92 Å². The molecule has 0 saturated carbocycles. The fourth-order valence-electron chi connectivity index (χ4n) is 2.61. The molecule has 120 valence electrons. The maximum Gasteiger partial charge on any atom is 0.153 e. The molecule has 0 radical (unpaired) electrons. The van der Waals surface area contributed by atoms with Crippen LogP contribution in [0.1, 0.15) is 47.5 Å². The van der Waals surface area contributed by atoms with Gasteiger partial charge in [0.25, 0.3) is 0 Å². The summed E-state index contributed by atoms with van der Waals surface area (Å²) in [5, 5.41) is 3.35. The van der Waals surface area contributed by atoms with Crippen LogP contribution in [0.25, 0.3) is 0 Å². The second-order valence-corrected chi connectivity index (χ2v) is 9.17. The van der Waals surface area contributed by atoms with Crippen molar-refractivity contribution in [2.45, 2.75) is 64.8 Å². The van der Waals surface area contributed by atoms with Crippen molar-refractivity contribution in [3.05, 3.63) is 0 Å². The summed E-state index contributed by atoms with van der Waals surface area (Å²) in [5.41, 5.74) is 0. The molecule has 1 saturated heterocycles. The highest BCUT2D eigenvalue weighted by molar-refractivity contribution is 7.92. The van der Waals surface area contributed by atoms with Crippen LogP contribution in [0.4, 0.5) is 0 Å². The lowest BCUT2D eigenvalue weighted by Crippen LogP contribution is -2.45. The molecule has 0 amide bonds. The van der Waals surface area contributed by atoms with Crippen molar-refractivity contribution in [2.24, 2.45) is 5.92 Å². The minimum atomic E-state index is -2.94. The molecule has 1 heterocycles. The summed E-state index contributed by atoms with van der Waals surface area (Å²) in [6.45, 7) is 12.9. The molecule has 0 aromatic heterocycles. The van der Waals surface area contributed by atoms with Gasteiger partial charge in [0, 0.05) is 25.2 Å². The van der Waals surface area contributed by atoms with E-state index in [1.165, 1.54) is 0 Å². The Bertz CT molecular complexity index is 381. The van der Waals surface area contributed by atoms with Crippen LogP contribution in [0.2, 0.25) is 0 Å². The van der Waals surface area contributed by atoms with Gasteiger partial charge < -0.3 is 5.32 Å². The van der Waals surface area contributed by atoms with Gasteiger partial charge in [0.1, 0.15) is 0 Å². The molecule has 20 heavy (non-hydrogen) atoms. The zero-order chi connectivity index (χ0) is 15.3. The van der Waals surface area contributed by atoms with Crippen molar-refractivity contribution < 1.29 is 8.42 Å². The summed E-state index contributed by atoms with van der Waals surface area (Å²) in [7, 11) is -2.94. The molecule has 0 spiro atoms. The summed E-state index contributed by atoms with van der Waals surface area (Å²) >= 11 is 0. The zero-order valence-electron chi connectivity index (χ0n) is 13.7. The summed E-state index contributed by atoms with van der Waals surface area (Å²) in [6.07, 6.45) is 2.25. The molecule has 5 heteroatoms. The molecule has 0 aliphatic carbocycles. The van der Waals surface area contributed by atoms with E-state index >= 15 is 0 Å². The zero-order valence-corrected chi connectivity index (χ0v) is 14.5. The van der Waals surface area contributed by atoms with E-state index < -0.39 is 9.84 Å². The van der Waals surface area contributed by atoms with Crippen molar-refractivity contribution in [3.63, 3.8) is 0 Å². The molecule has 4 nitrogen and oxygen atoms in total. The lowest BCUT2D eigenvalue weighted by Gasteiger charge is -2.31. The van der Waals surface area contributed by atoms with E-state index in [0.29, 0.717) is 24.5 Å². The summed E-state index contributed by atoms with van der Waals surface area (Å²) in [4.78, 5) is 2.36. The van der Waals surface area contributed by atoms with Gasteiger partial charge in [-0.2, -0.15) is 0 Å². The maximum atomic E-state index is 12.0.